The van der Waals surface area contributed by atoms with E-state index in [0.717, 1.165) is 25.3 Å². The van der Waals surface area contributed by atoms with Gasteiger partial charge in [0.2, 0.25) is 0 Å². The molecule has 1 fully saturated rings. The van der Waals surface area contributed by atoms with Crippen molar-refractivity contribution in [3.8, 4) is 0 Å². The second-order valence-electron chi connectivity index (χ2n) is 11.1. The number of carbonyl (C=O) groups excluding carboxylic acids is 1. The molecule has 0 radical (unpaired) electrons. The second kappa shape index (κ2) is 10.4. The van der Waals surface area contributed by atoms with Crippen LogP contribution in [0.5, 0.6) is 0 Å². The van der Waals surface area contributed by atoms with Gasteiger partial charge < -0.3 is 22.1 Å². The Labute approximate surface area is 190 Å². The molecule has 176 valence electrons. The molecule has 0 aromatic heterocycles. The van der Waals surface area contributed by atoms with Crippen molar-refractivity contribution in [1.82, 2.24) is 0 Å². The molecule has 1 heterocycles. The van der Waals surface area contributed by atoms with E-state index >= 15 is 0 Å². The molecule has 0 aromatic rings. The lowest BCUT2D eigenvalue weighted by molar-refractivity contribution is -0.283. The summed E-state index contributed by atoms with van der Waals surface area (Å²) in [5, 5.41) is 0. The summed E-state index contributed by atoms with van der Waals surface area (Å²) in [5.41, 5.74) is -0.131. The van der Waals surface area contributed by atoms with E-state index < -0.39 is 48.0 Å². The van der Waals surface area contributed by atoms with Crippen molar-refractivity contribution in [2.75, 3.05) is 0 Å². The average Bonchev–Trinajstić information content (AvgIpc) is 2.48. The number of rotatable bonds is 11. The first-order valence-electron chi connectivity index (χ1n) is 11.1. The Bertz CT molecular complexity index is 580. The van der Waals surface area contributed by atoms with E-state index in [2.05, 4.69) is 72.4 Å². The van der Waals surface area contributed by atoms with Crippen molar-refractivity contribution in [1.29, 1.82) is 0 Å². The Hall–Kier alpha value is 0.134. The minimum atomic E-state index is -2.63. The van der Waals surface area contributed by atoms with Gasteiger partial charge in [-0.25, -0.2) is 4.79 Å². The molecule has 0 N–H and O–H groups in total. The van der Waals surface area contributed by atoms with Crippen LogP contribution in [-0.2, 0) is 26.9 Å². The quantitative estimate of drug-likeness (QED) is 0.176. The molecule has 0 saturated carbocycles. The number of hydrogen-bond acceptors (Lipinski definition) is 6. The Kier molecular flexibility index (Phi) is 9.75. The summed E-state index contributed by atoms with van der Waals surface area (Å²) < 4.78 is 32.8. The van der Waals surface area contributed by atoms with Crippen LogP contribution in [0.4, 0.5) is 0 Å². The highest BCUT2D eigenvalue weighted by Gasteiger charge is 2.56. The Morgan fingerprint density at radius 3 is 2.03 bits per heavy atom. The zero-order chi connectivity index (χ0) is 23.4. The third kappa shape index (κ3) is 10.2. The molecule has 6 nitrogen and oxygen atoms in total. The van der Waals surface area contributed by atoms with Gasteiger partial charge in [-0.15, -0.1) is 0 Å². The zero-order valence-electron chi connectivity index (χ0n) is 20.8. The van der Waals surface area contributed by atoms with Crippen LogP contribution in [0.2, 0.25) is 65.0 Å². The summed E-state index contributed by atoms with van der Waals surface area (Å²) in [6.07, 6.45) is 3.67. The minimum absolute atomic E-state index is 0.131. The van der Waals surface area contributed by atoms with Crippen molar-refractivity contribution in [3.05, 3.63) is 12.7 Å². The Balaban J connectivity index is 3.34. The van der Waals surface area contributed by atoms with Crippen LogP contribution < -0.4 is 0 Å². The summed E-state index contributed by atoms with van der Waals surface area (Å²) in [6, 6.07) is 0.914. The molecule has 0 spiro atoms. The maximum absolute atomic E-state index is 11.9. The van der Waals surface area contributed by atoms with Gasteiger partial charge in [-0.1, -0.05) is 13.5 Å². The molecule has 0 aliphatic carbocycles. The molecular formula is C19H44O6Si5. The van der Waals surface area contributed by atoms with Crippen LogP contribution in [0, 0.1) is 0 Å². The van der Waals surface area contributed by atoms with Gasteiger partial charge in [0.25, 0.3) is 5.97 Å². The van der Waals surface area contributed by atoms with Crippen LogP contribution in [0.25, 0.3) is 0 Å². The fourth-order valence-corrected chi connectivity index (χ4v) is 24.8. The molecule has 0 bridgehead atoms. The molecule has 0 amide bonds. The van der Waals surface area contributed by atoms with Gasteiger partial charge in [0.05, 0.1) is 5.73 Å². The van der Waals surface area contributed by atoms with E-state index in [1.807, 2.05) is 0 Å². The first-order valence-corrected chi connectivity index (χ1v) is 26.5. The molecule has 1 aliphatic rings. The molecule has 30 heavy (non-hydrogen) atoms. The Morgan fingerprint density at radius 1 is 1.10 bits per heavy atom. The topological polar surface area (TPSA) is 63.2 Å². The third-order valence-electron chi connectivity index (χ3n) is 4.24. The average molecular weight is 509 g/mol. The molecule has 1 aliphatic heterocycles. The lowest BCUT2D eigenvalue weighted by Gasteiger charge is -2.51. The lowest BCUT2D eigenvalue weighted by atomic mass is 10.3. The van der Waals surface area contributed by atoms with E-state index in [9.17, 15) is 4.79 Å². The van der Waals surface area contributed by atoms with Crippen molar-refractivity contribution < 1.29 is 26.9 Å². The van der Waals surface area contributed by atoms with Crippen molar-refractivity contribution >= 4 is 48.0 Å². The molecular weight excluding hydrogens is 465 g/mol. The van der Waals surface area contributed by atoms with Gasteiger partial charge in [-0.2, -0.15) is 0 Å². The van der Waals surface area contributed by atoms with Crippen molar-refractivity contribution in [2.45, 2.75) is 103 Å². The van der Waals surface area contributed by atoms with Crippen LogP contribution in [0.3, 0.4) is 0 Å². The highest BCUT2D eigenvalue weighted by atomic mass is 29.2. The molecule has 2 unspecified atom stereocenters. The monoisotopic (exact) mass is 508 g/mol. The zero-order valence-corrected chi connectivity index (χ0v) is 26.3. The normalized spacial score (nSPS) is 24.1. The fourth-order valence-electron chi connectivity index (χ4n) is 3.70. The predicted octanol–water partition coefficient (Wildman–Crippen LogP) is 4.58. The summed E-state index contributed by atoms with van der Waals surface area (Å²) in [6.45, 7) is 25.2. The second-order valence-corrected chi connectivity index (χ2v) is 33.3. The minimum Gasteiger partial charge on any atom is -0.464 e. The van der Waals surface area contributed by atoms with E-state index in [1.54, 1.807) is 0 Å². The van der Waals surface area contributed by atoms with Gasteiger partial charge in [0.15, 0.2) is 25.0 Å². The summed E-state index contributed by atoms with van der Waals surface area (Å²) in [5.74, 6) is -1.39. The van der Waals surface area contributed by atoms with E-state index in [0.29, 0.717) is 0 Å². The van der Waals surface area contributed by atoms with Crippen LogP contribution in [-0.4, -0.2) is 59.7 Å². The van der Waals surface area contributed by atoms with Gasteiger partial charge in [0.1, 0.15) is 9.04 Å². The predicted molar refractivity (Wildman–Crippen MR) is 136 cm³/mol. The SMILES string of the molecule is C=CC(=O)OC(CC)[SiH2][Si]1(O[Si](C)(C)C)CCCC(O[Si](C)(C)C)(O[Si](C)(C)C)O1. The van der Waals surface area contributed by atoms with E-state index in [1.165, 1.54) is 6.08 Å². The van der Waals surface area contributed by atoms with Gasteiger partial charge in [0, 0.05) is 12.5 Å². The van der Waals surface area contributed by atoms with Crippen LogP contribution in [0.15, 0.2) is 12.7 Å². The summed E-state index contributed by atoms with van der Waals surface area (Å²) in [7, 11) is -9.46. The number of carbonyl (C=O) groups is 1. The maximum Gasteiger partial charge on any atom is 0.330 e. The van der Waals surface area contributed by atoms with E-state index in [-0.39, 0.29) is 11.7 Å². The summed E-state index contributed by atoms with van der Waals surface area (Å²) in [4.78, 5) is 11.9. The number of esters is 1. The lowest BCUT2D eigenvalue weighted by Crippen LogP contribution is -2.67. The summed E-state index contributed by atoms with van der Waals surface area (Å²) >= 11 is 0. The number of ether oxygens (including phenoxy) is 1. The highest BCUT2D eigenvalue weighted by Crippen LogP contribution is 2.41. The first kappa shape index (κ1) is 28.2. The standard InChI is InChI=1S/C19H44O6Si5/c1-12-17(20)21-18(13-2)26-30(25-29(9,10)11)16-14-15-19(24-30,22-27(3,4)5)23-28(6,7)8/h12,18H,1,13-16,26H2,2-11H3. The van der Waals surface area contributed by atoms with Gasteiger partial charge in [-0.05, 0) is 77.8 Å². The van der Waals surface area contributed by atoms with Crippen molar-refractivity contribution in [2.24, 2.45) is 0 Å². The molecule has 11 heteroatoms. The van der Waals surface area contributed by atoms with Gasteiger partial charge in [-0.3, -0.25) is 0 Å². The maximum atomic E-state index is 11.9. The molecule has 2 atom stereocenters. The van der Waals surface area contributed by atoms with Crippen LogP contribution >= 0.6 is 0 Å². The van der Waals surface area contributed by atoms with Crippen molar-refractivity contribution in [3.63, 3.8) is 0 Å². The smallest absolute Gasteiger partial charge is 0.330 e. The molecule has 1 saturated heterocycles. The molecule has 1 rings (SSSR count). The molecule has 0 aromatic carbocycles. The first-order chi connectivity index (χ1) is 13.4. The highest BCUT2D eigenvalue weighted by molar-refractivity contribution is 7.20. The fraction of sp³-hybridized carbons (Fsp3) is 0.842. The van der Waals surface area contributed by atoms with Gasteiger partial charge >= 0.3 is 14.0 Å². The number of hydrogen-bond donors (Lipinski definition) is 0. The Morgan fingerprint density at radius 2 is 1.63 bits per heavy atom. The van der Waals surface area contributed by atoms with Crippen LogP contribution in [0.1, 0.15) is 26.2 Å². The third-order valence-corrected chi connectivity index (χ3v) is 19.7. The van der Waals surface area contributed by atoms with E-state index in [4.69, 9.17) is 22.1 Å². The largest absolute Gasteiger partial charge is 0.464 e.